The van der Waals surface area contributed by atoms with Crippen LogP contribution in [0.15, 0.2) is 33.1 Å². The summed E-state index contributed by atoms with van der Waals surface area (Å²) in [6.07, 6.45) is 0. The molecule has 0 saturated heterocycles. The zero-order valence-corrected chi connectivity index (χ0v) is 16.2. The number of carbonyl (C=O) groups is 4. The predicted molar refractivity (Wildman–Crippen MR) is 97.7 cm³/mol. The number of hydrogen-bond acceptors (Lipinski definition) is 10. The molecule has 0 amide bonds. The van der Waals surface area contributed by atoms with Gasteiger partial charge in [-0.2, -0.15) is 0 Å². The summed E-state index contributed by atoms with van der Waals surface area (Å²) in [5.41, 5.74) is 0. The van der Waals surface area contributed by atoms with Crippen LogP contribution in [0.3, 0.4) is 0 Å². The van der Waals surface area contributed by atoms with Crippen LogP contribution < -0.4 is 0 Å². The molecule has 0 aromatic carbocycles. The second kappa shape index (κ2) is 14.5. The fourth-order valence-corrected chi connectivity index (χ4v) is 1.49. The lowest BCUT2D eigenvalue weighted by molar-refractivity contribution is 0.0353. The molecule has 166 valence electrons. The van der Waals surface area contributed by atoms with E-state index in [4.69, 9.17) is 34.3 Å². The highest BCUT2D eigenvalue weighted by Gasteiger charge is 2.14. The molecule has 0 saturated carbocycles. The minimum Gasteiger partial charge on any atom is -0.475 e. The Kier molecular flexibility index (Phi) is 12.8. The van der Waals surface area contributed by atoms with E-state index in [0.29, 0.717) is 6.61 Å². The molecule has 0 aliphatic carbocycles. The lowest BCUT2D eigenvalue weighted by atomic mass is 10.3. The largest absolute Gasteiger partial charge is 0.475 e. The van der Waals surface area contributed by atoms with Gasteiger partial charge in [-0.3, -0.25) is 4.79 Å². The van der Waals surface area contributed by atoms with Gasteiger partial charge >= 0.3 is 17.9 Å². The molecule has 0 spiro atoms. The van der Waals surface area contributed by atoms with E-state index in [1.165, 1.54) is 26.2 Å². The third-order valence-electron chi connectivity index (χ3n) is 2.80. The number of ether oxygens (including phenoxy) is 2. The topological polar surface area (TPSA) is 194 Å². The van der Waals surface area contributed by atoms with Gasteiger partial charge < -0.3 is 38.7 Å². The van der Waals surface area contributed by atoms with Gasteiger partial charge in [0.15, 0.2) is 11.5 Å². The number of esters is 1. The highest BCUT2D eigenvalue weighted by Crippen LogP contribution is 2.09. The average Bonchev–Trinajstić information content (AvgIpc) is 3.39. The average molecular weight is 430 g/mol. The van der Waals surface area contributed by atoms with E-state index >= 15 is 0 Å². The van der Waals surface area contributed by atoms with E-state index in [2.05, 4.69) is 4.42 Å². The highest BCUT2D eigenvalue weighted by atomic mass is 16.6. The molecule has 2 aromatic rings. The van der Waals surface area contributed by atoms with E-state index in [0.717, 1.165) is 12.1 Å². The van der Waals surface area contributed by atoms with E-state index in [9.17, 15) is 19.2 Å². The molecular weight excluding hydrogens is 408 g/mol. The van der Waals surface area contributed by atoms with Gasteiger partial charge in [-0.05, 0) is 24.3 Å². The molecule has 0 bridgehead atoms. The molecule has 0 fully saturated rings. The highest BCUT2D eigenvalue weighted by molar-refractivity contribution is 5.93. The van der Waals surface area contributed by atoms with Crippen LogP contribution in [0.5, 0.6) is 0 Å². The van der Waals surface area contributed by atoms with Gasteiger partial charge in [0.25, 0.3) is 0 Å². The van der Waals surface area contributed by atoms with Crippen LogP contribution in [0.25, 0.3) is 0 Å². The van der Waals surface area contributed by atoms with Crippen molar-refractivity contribution in [3.05, 3.63) is 47.3 Å². The first-order chi connectivity index (χ1) is 14.2. The molecule has 12 heteroatoms. The van der Waals surface area contributed by atoms with Crippen LogP contribution in [-0.2, 0) is 9.47 Å². The number of furan rings is 2. The summed E-state index contributed by atoms with van der Waals surface area (Å²) >= 11 is 0. The Hall–Kier alpha value is -3.48. The first kappa shape index (κ1) is 26.5. The number of methoxy groups -OCH3 is 1. The molecule has 2 heterocycles. The summed E-state index contributed by atoms with van der Waals surface area (Å²) in [5, 5.41) is 31.8. The summed E-state index contributed by atoms with van der Waals surface area (Å²) in [4.78, 5) is 42.4. The standard InChI is InChI=1S/C10H12O5.C6H4O5.C2H6O2/c1-7(11)8-3-4-9(15-8)10(12)14-6-5-13-2;7-5(8)3-1-2-4(11-3)6(9)10;3-1-2-4/h3-4H,5-6H2,1-2H3;1-2H,(H,7,8)(H,9,10);3-4H,1-2H2. The molecular formula is C18H22O12. The number of aliphatic hydroxyl groups is 2. The summed E-state index contributed by atoms with van der Waals surface area (Å²) in [6, 6.07) is 5.03. The smallest absolute Gasteiger partial charge is 0.374 e. The number of aromatic carboxylic acids is 2. The third kappa shape index (κ3) is 10.2. The number of hydrogen-bond donors (Lipinski definition) is 4. The van der Waals surface area contributed by atoms with Crippen LogP contribution in [0.1, 0.15) is 49.1 Å². The number of carboxylic acids is 2. The molecule has 0 aliphatic rings. The SMILES string of the molecule is COCCOC(=O)c1ccc(C(C)=O)o1.O=C(O)c1ccc(C(=O)O)o1.OCCO. The number of carboxylic acid groups (broad SMARTS) is 2. The molecule has 0 radical (unpaired) electrons. The minimum absolute atomic E-state index is 0.0244. The number of rotatable bonds is 8. The molecule has 4 N–H and O–H groups in total. The van der Waals surface area contributed by atoms with Crippen LogP contribution in [0.2, 0.25) is 0 Å². The van der Waals surface area contributed by atoms with Gasteiger partial charge in [0.2, 0.25) is 17.3 Å². The van der Waals surface area contributed by atoms with E-state index in [1.807, 2.05) is 0 Å². The van der Waals surface area contributed by atoms with Crippen molar-refractivity contribution in [3.8, 4) is 0 Å². The van der Waals surface area contributed by atoms with E-state index in [1.54, 1.807) is 0 Å². The van der Waals surface area contributed by atoms with Crippen molar-refractivity contribution in [2.24, 2.45) is 0 Å². The second-order valence-corrected chi connectivity index (χ2v) is 5.07. The van der Waals surface area contributed by atoms with Crippen LogP contribution >= 0.6 is 0 Å². The van der Waals surface area contributed by atoms with Crippen molar-refractivity contribution >= 4 is 23.7 Å². The van der Waals surface area contributed by atoms with E-state index < -0.39 is 17.9 Å². The summed E-state index contributed by atoms with van der Waals surface area (Å²) in [6.45, 7) is 1.59. The third-order valence-corrected chi connectivity index (χ3v) is 2.80. The number of ketones is 1. The zero-order chi connectivity index (χ0) is 23.1. The Morgan fingerprint density at radius 3 is 1.57 bits per heavy atom. The molecule has 2 rings (SSSR count). The zero-order valence-electron chi connectivity index (χ0n) is 16.2. The fourth-order valence-electron chi connectivity index (χ4n) is 1.49. The normalized spacial score (nSPS) is 9.47. The Morgan fingerprint density at radius 1 is 0.800 bits per heavy atom. The molecule has 0 unspecified atom stereocenters. The maximum Gasteiger partial charge on any atom is 0.374 e. The Morgan fingerprint density at radius 2 is 1.23 bits per heavy atom. The maximum absolute atomic E-state index is 11.3. The quantitative estimate of drug-likeness (QED) is 0.263. The lowest BCUT2D eigenvalue weighted by Crippen LogP contribution is -2.09. The van der Waals surface area contributed by atoms with Crippen molar-refractivity contribution in [3.63, 3.8) is 0 Å². The predicted octanol–water partition coefficient (Wildman–Crippen LogP) is 0.932. The van der Waals surface area contributed by atoms with Crippen LogP contribution in [-0.4, -0.2) is 77.7 Å². The van der Waals surface area contributed by atoms with Crippen molar-refractivity contribution in [1.29, 1.82) is 0 Å². The number of carbonyl (C=O) groups excluding carboxylic acids is 2. The van der Waals surface area contributed by atoms with Crippen LogP contribution in [0.4, 0.5) is 0 Å². The lowest BCUT2D eigenvalue weighted by Gasteiger charge is -2.00. The Balaban J connectivity index is 0.000000491. The molecule has 12 nitrogen and oxygen atoms in total. The van der Waals surface area contributed by atoms with Gasteiger partial charge in [-0.15, -0.1) is 0 Å². The first-order valence-corrected chi connectivity index (χ1v) is 8.22. The van der Waals surface area contributed by atoms with Gasteiger partial charge in [0.05, 0.1) is 19.8 Å². The van der Waals surface area contributed by atoms with Crippen molar-refractivity contribution < 1.29 is 57.9 Å². The van der Waals surface area contributed by atoms with Crippen molar-refractivity contribution in [2.75, 3.05) is 33.5 Å². The van der Waals surface area contributed by atoms with Crippen LogP contribution in [0, 0.1) is 0 Å². The molecule has 0 atom stereocenters. The van der Waals surface area contributed by atoms with Gasteiger partial charge in [0.1, 0.15) is 6.61 Å². The summed E-state index contributed by atoms with van der Waals surface area (Å²) in [7, 11) is 1.51. The molecule has 2 aromatic heterocycles. The van der Waals surface area contributed by atoms with Gasteiger partial charge in [0, 0.05) is 14.0 Å². The van der Waals surface area contributed by atoms with Crippen molar-refractivity contribution in [2.45, 2.75) is 6.92 Å². The Labute approximate surface area is 170 Å². The fraction of sp³-hybridized carbons (Fsp3) is 0.333. The summed E-state index contributed by atoms with van der Waals surface area (Å²) < 4.78 is 18.9. The minimum atomic E-state index is -1.28. The maximum atomic E-state index is 11.3. The van der Waals surface area contributed by atoms with Gasteiger partial charge in [-0.1, -0.05) is 0 Å². The summed E-state index contributed by atoms with van der Waals surface area (Å²) in [5.74, 6) is -3.96. The number of Topliss-reactive ketones (excluding diaryl/α,β-unsaturated/α-hetero) is 1. The van der Waals surface area contributed by atoms with Gasteiger partial charge in [-0.25, -0.2) is 14.4 Å². The Bertz CT molecular complexity index is 786. The first-order valence-electron chi connectivity index (χ1n) is 8.22. The molecule has 0 aliphatic heterocycles. The number of aliphatic hydroxyl groups excluding tert-OH is 2. The van der Waals surface area contributed by atoms with Crippen molar-refractivity contribution in [1.82, 2.24) is 0 Å². The van der Waals surface area contributed by atoms with E-state index in [-0.39, 0.29) is 48.6 Å². The molecule has 30 heavy (non-hydrogen) atoms. The monoisotopic (exact) mass is 430 g/mol. The second-order valence-electron chi connectivity index (χ2n) is 5.07.